The molecule has 0 spiro atoms. The predicted molar refractivity (Wildman–Crippen MR) is 68.9 cm³/mol. The summed E-state index contributed by atoms with van der Waals surface area (Å²) < 4.78 is 1.49. The second-order valence-electron chi connectivity index (χ2n) is 4.03. The number of benzene rings is 1. The number of carbonyl (C=O) groups excluding carboxylic acids is 2. The molecular formula is C12H13N5O2. The van der Waals surface area contributed by atoms with Gasteiger partial charge in [0.05, 0.1) is 11.4 Å². The van der Waals surface area contributed by atoms with E-state index < -0.39 is 5.91 Å². The van der Waals surface area contributed by atoms with Gasteiger partial charge in [0.2, 0.25) is 5.91 Å². The number of hydrogen-bond acceptors (Lipinski definition) is 4. The summed E-state index contributed by atoms with van der Waals surface area (Å²) in [6.07, 6.45) is 0. The second-order valence-corrected chi connectivity index (χ2v) is 4.03. The van der Waals surface area contributed by atoms with E-state index in [1.54, 1.807) is 31.2 Å². The zero-order valence-corrected chi connectivity index (χ0v) is 10.5. The minimum absolute atomic E-state index is 0.130. The summed E-state index contributed by atoms with van der Waals surface area (Å²) in [4.78, 5) is 22.1. The van der Waals surface area contributed by atoms with Crippen LogP contribution in [0.5, 0.6) is 0 Å². The van der Waals surface area contributed by atoms with Crippen LogP contribution in [0.2, 0.25) is 0 Å². The molecule has 0 saturated heterocycles. The minimum Gasteiger partial charge on any atom is -0.364 e. The molecule has 0 radical (unpaired) electrons. The molecular weight excluding hydrogens is 246 g/mol. The number of nitrogens with one attached hydrogen (secondary N) is 1. The molecule has 1 aromatic carbocycles. The third-order valence-electron chi connectivity index (χ3n) is 2.54. The van der Waals surface area contributed by atoms with Gasteiger partial charge in [0.25, 0.3) is 5.91 Å². The molecule has 0 aliphatic heterocycles. The highest BCUT2D eigenvalue weighted by molar-refractivity contribution is 5.92. The molecule has 19 heavy (non-hydrogen) atoms. The summed E-state index contributed by atoms with van der Waals surface area (Å²) in [6, 6.07) is 7.05. The van der Waals surface area contributed by atoms with Gasteiger partial charge in [-0.2, -0.15) is 0 Å². The normalized spacial score (nSPS) is 10.2. The molecule has 98 valence electrons. The summed E-state index contributed by atoms with van der Waals surface area (Å²) >= 11 is 0. The van der Waals surface area contributed by atoms with Crippen molar-refractivity contribution in [1.82, 2.24) is 15.0 Å². The molecule has 1 aromatic heterocycles. The zero-order chi connectivity index (χ0) is 14.0. The first-order valence-electron chi connectivity index (χ1n) is 5.59. The maximum Gasteiger partial charge on any atom is 0.271 e. The number of rotatable bonds is 3. The lowest BCUT2D eigenvalue weighted by atomic mass is 10.2. The first kappa shape index (κ1) is 12.7. The van der Waals surface area contributed by atoms with Gasteiger partial charge in [0.1, 0.15) is 0 Å². The van der Waals surface area contributed by atoms with Crippen molar-refractivity contribution in [2.45, 2.75) is 13.8 Å². The van der Waals surface area contributed by atoms with Gasteiger partial charge in [-0.15, -0.1) is 5.10 Å². The summed E-state index contributed by atoms with van der Waals surface area (Å²) in [5, 5.41) is 10.3. The van der Waals surface area contributed by atoms with E-state index in [1.807, 2.05) is 0 Å². The van der Waals surface area contributed by atoms with E-state index in [-0.39, 0.29) is 11.6 Å². The second kappa shape index (κ2) is 4.89. The van der Waals surface area contributed by atoms with E-state index in [9.17, 15) is 9.59 Å². The Morgan fingerprint density at radius 3 is 2.68 bits per heavy atom. The van der Waals surface area contributed by atoms with E-state index in [4.69, 9.17) is 5.73 Å². The van der Waals surface area contributed by atoms with Crippen LogP contribution in [0.15, 0.2) is 24.3 Å². The Hall–Kier alpha value is -2.70. The van der Waals surface area contributed by atoms with Gasteiger partial charge in [-0.3, -0.25) is 9.59 Å². The first-order chi connectivity index (χ1) is 8.99. The van der Waals surface area contributed by atoms with Crippen LogP contribution in [0, 0.1) is 6.92 Å². The highest BCUT2D eigenvalue weighted by Crippen LogP contribution is 2.16. The number of primary amides is 1. The Kier molecular flexibility index (Phi) is 3.28. The molecule has 0 aliphatic carbocycles. The minimum atomic E-state index is -0.623. The average molecular weight is 259 g/mol. The molecule has 3 N–H and O–H groups in total. The van der Waals surface area contributed by atoms with Gasteiger partial charge in [-0.25, -0.2) is 4.68 Å². The van der Waals surface area contributed by atoms with Crippen LogP contribution in [0.4, 0.5) is 5.69 Å². The molecule has 0 bridgehead atoms. The number of carbonyl (C=O) groups is 2. The summed E-state index contributed by atoms with van der Waals surface area (Å²) in [5.41, 5.74) is 7.19. The third kappa shape index (κ3) is 2.59. The van der Waals surface area contributed by atoms with Crippen LogP contribution in [0.1, 0.15) is 23.1 Å². The van der Waals surface area contributed by atoms with E-state index in [2.05, 4.69) is 15.6 Å². The van der Waals surface area contributed by atoms with Gasteiger partial charge in [-0.05, 0) is 25.1 Å². The Labute approximate surface area is 109 Å². The Bertz CT molecular complexity index is 647. The maximum absolute atomic E-state index is 11.1. The zero-order valence-electron chi connectivity index (χ0n) is 10.5. The van der Waals surface area contributed by atoms with Crippen LogP contribution < -0.4 is 11.1 Å². The fourth-order valence-corrected chi connectivity index (χ4v) is 1.72. The monoisotopic (exact) mass is 259 g/mol. The standard InChI is InChI=1S/C12H13N5O2/c1-7-11(12(13)19)15-16-17(7)10-5-3-4-9(6-10)14-8(2)18/h3-6H,1-2H3,(H2,13,19)(H,14,18). The van der Waals surface area contributed by atoms with Crippen LogP contribution in [0.25, 0.3) is 5.69 Å². The molecule has 7 nitrogen and oxygen atoms in total. The Morgan fingerprint density at radius 1 is 1.37 bits per heavy atom. The number of hydrogen-bond donors (Lipinski definition) is 2. The van der Waals surface area contributed by atoms with E-state index in [1.165, 1.54) is 11.6 Å². The molecule has 0 unspecified atom stereocenters. The number of nitrogens with two attached hydrogens (primary N) is 1. The summed E-state index contributed by atoms with van der Waals surface area (Å²) in [5.74, 6) is -0.785. The summed E-state index contributed by atoms with van der Waals surface area (Å²) in [6.45, 7) is 3.13. The Morgan fingerprint density at radius 2 is 2.11 bits per heavy atom. The lowest BCUT2D eigenvalue weighted by Gasteiger charge is -2.06. The quantitative estimate of drug-likeness (QED) is 0.843. The van der Waals surface area contributed by atoms with Crippen molar-refractivity contribution in [3.8, 4) is 5.69 Å². The van der Waals surface area contributed by atoms with E-state index in [0.29, 0.717) is 17.1 Å². The van der Waals surface area contributed by atoms with E-state index >= 15 is 0 Å². The molecule has 2 aromatic rings. The van der Waals surface area contributed by atoms with Gasteiger partial charge in [0.15, 0.2) is 5.69 Å². The van der Waals surface area contributed by atoms with E-state index in [0.717, 1.165) is 0 Å². The van der Waals surface area contributed by atoms with Crippen LogP contribution in [-0.2, 0) is 4.79 Å². The summed E-state index contributed by atoms with van der Waals surface area (Å²) in [7, 11) is 0. The van der Waals surface area contributed by atoms with Crippen molar-refractivity contribution in [1.29, 1.82) is 0 Å². The lowest BCUT2D eigenvalue weighted by molar-refractivity contribution is -0.114. The highest BCUT2D eigenvalue weighted by atomic mass is 16.1. The number of aromatic nitrogens is 3. The first-order valence-corrected chi connectivity index (χ1v) is 5.59. The van der Waals surface area contributed by atoms with Gasteiger partial charge >= 0.3 is 0 Å². The molecule has 1 heterocycles. The lowest BCUT2D eigenvalue weighted by Crippen LogP contribution is -2.13. The Balaban J connectivity index is 2.42. The number of anilines is 1. The predicted octanol–water partition coefficient (Wildman–Crippen LogP) is 0.633. The third-order valence-corrected chi connectivity index (χ3v) is 2.54. The molecule has 0 saturated carbocycles. The van der Waals surface area contributed by atoms with Gasteiger partial charge in [-0.1, -0.05) is 11.3 Å². The van der Waals surface area contributed by atoms with Crippen molar-refractivity contribution in [2.24, 2.45) is 5.73 Å². The van der Waals surface area contributed by atoms with Crippen LogP contribution >= 0.6 is 0 Å². The average Bonchev–Trinajstić information content (AvgIpc) is 2.70. The smallest absolute Gasteiger partial charge is 0.271 e. The largest absolute Gasteiger partial charge is 0.364 e. The van der Waals surface area contributed by atoms with Gasteiger partial charge in [0, 0.05) is 12.6 Å². The van der Waals surface area contributed by atoms with Crippen molar-refractivity contribution in [2.75, 3.05) is 5.32 Å². The topological polar surface area (TPSA) is 103 Å². The molecule has 2 rings (SSSR count). The SMILES string of the molecule is CC(=O)Nc1cccc(-n2nnc(C(N)=O)c2C)c1. The van der Waals surface area contributed by atoms with Crippen LogP contribution in [-0.4, -0.2) is 26.8 Å². The van der Waals surface area contributed by atoms with Crippen LogP contribution in [0.3, 0.4) is 0 Å². The molecule has 0 fully saturated rings. The maximum atomic E-state index is 11.1. The molecule has 0 atom stereocenters. The molecule has 7 heteroatoms. The highest BCUT2D eigenvalue weighted by Gasteiger charge is 2.14. The van der Waals surface area contributed by atoms with Crippen molar-refractivity contribution in [3.63, 3.8) is 0 Å². The number of amides is 2. The molecule has 0 aliphatic rings. The van der Waals surface area contributed by atoms with Crippen molar-refractivity contribution >= 4 is 17.5 Å². The van der Waals surface area contributed by atoms with Gasteiger partial charge < -0.3 is 11.1 Å². The van der Waals surface area contributed by atoms with Crippen molar-refractivity contribution < 1.29 is 9.59 Å². The van der Waals surface area contributed by atoms with Crippen molar-refractivity contribution in [3.05, 3.63) is 35.7 Å². The fourth-order valence-electron chi connectivity index (χ4n) is 1.72. The molecule has 2 amide bonds. The fraction of sp³-hybridized carbons (Fsp3) is 0.167. The number of nitrogens with zero attached hydrogens (tertiary/aromatic N) is 3.